The van der Waals surface area contributed by atoms with Crippen molar-refractivity contribution in [2.24, 2.45) is 5.92 Å². The first-order valence-corrected chi connectivity index (χ1v) is 5.88. The molecule has 0 bridgehead atoms. The smallest absolute Gasteiger partial charge is 0.401 e. The fourth-order valence-corrected chi connectivity index (χ4v) is 2.55. The zero-order chi connectivity index (χ0) is 13.1. The number of carboxylic acid groups (broad SMARTS) is 1. The van der Waals surface area contributed by atoms with Gasteiger partial charge in [0.25, 0.3) is 0 Å². The van der Waals surface area contributed by atoms with Crippen LogP contribution in [0.5, 0.6) is 0 Å². The third-order valence-electron chi connectivity index (χ3n) is 3.16. The molecule has 0 aromatic heterocycles. The summed E-state index contributed by atoms with van der Waals surface area (Å²) in [5.74, 6) is -1.63. The molecule has 1 rings (SSSR count). The molecule has 100 valence electrons. The minimum absolute atomic E-state index is 0.300. The maximum absolute atomic E-state index is 12.4. The van der Waals surface area contributed by atoms with Gasteiger partial charge in [-0.1, -0.05) is 13.3 Å². The van der Waals surface area contributed by atoms with Crippen LogP contribution in [-0.2, 0) is 4.79 Å². The topological polar surface area (TPSA) is 40.5 Å². The molecule has 1 N–H and O–H groups in total. The maximum Gasteiger partial charge on any atom is 0.401 e. The van der Waals surface area contributed by atoms with E-state index >= 15 is 0 Å². The Labute approximate surface area is 98.6 Å². The minimum Gasteiger partial charge on any atom is -0.481 e. The number of carboxylic acids is 1. The van der Waals surface area contributed by atoms with Crippen LogP contribution in [0.15, 0.2) is 0 Å². The monoisotopic (exact) mass is 253 g/mol. The van der Waals surface area contributed by atoms with Gasteiger partial charge in [0.1, 0.15) is 0 Å². The Balaban J connectivity index is 2.72. The van der Waals surface area contributed by atoms with E-state index in [0.29, 0.717) is 32.2 Å². The van der Waals surface area contributed by atoms with E-state index in [1.54, 1.807) is 6.92 Å². The van der Waals surface area contributed by atoms with Crippen molar-refractivity contribution in [2.45, 2.75) is 44.8 Å². The molecule has 0 saturated heterocycles. The van der Waals surface area contributed by atoms with Gasteiger partial charge in [-0.3, -0.25) is 9.69 Å². The van der Waals surface area contributed by atoms with Crippen molar-refractivity contribution in [1.29, 1.82) is 0 Å². The Morgan fingerprint density at radius 3 is 2.53 bits per heavy atom. The molecule has 0 aromatic rings. The van der Waals surface area contributed by atoms with E-state index in [1.807, 2.05) is 0 Å². The van der Waals surface area contributed by atoms with Crippen molar-refractivity contribution in [3.8, 4) is 0 Å². The molecule has 2 unspecified atom stereocenters. The predicted octanol–water partition coefficient (Wildman–Crippen LogP) is 2.51. The van der Waals surface area contributed by atoms with Crippen LogP contribution in [0.3, 0.4) is 0 Å². The van der Waals surface area contributed by atoms with Crippen molar-refractivity contribution in [1.82, 2.24) is 4.90 Å². The maximum atomic E-state index is 12.4. The van der Waals surface area contributed by atoms with E-state index in [0.717, 1.165) is 0 Å². The first-order chi connectivity index (χ1) is 7.85. The van der Waals surface area contributed by atoms with Crippen LogP contribution in [-0.4, -0.2) is 41.3 Å². The van der Waals surface area contributed by atoms with Crippen LogP contribution in [0.25, 0.3) is 0 Å². The van der Waals surface area contributed by atoms with Crippen molar-refractivity contribution >= 4 is 5.97 Å². The van der Waals surface area contributed by atoms with E-state index in [1.165, 1.54) is 4.90 Å². The Hall–Kier alpha value is -0.780. The lowest BCUT2D eigenvalue weighted by Crippen LogP contribution is -2.45. The molecule has 17 heavy (non-hydrogen) atoms. The van der Waals surface area contributed by atoms with Crippen LogP contribution < -0.4 is 0 Å². The number of aliphatic carboxylic acids is 1. The van der Waals surface area contributed by atoms with Gasteiger partial charge in [-0.2, -0.15) is 13.2 Å². The Morgan fingerprint density at radius 2 is 2.06 bits per heavy atom. The van der Waals surface area contributed by atoms with Crippen molar-refractivity contribution in [3.63, 3.8) is 0 Å². The Morgan fingerprint density at radius 1 is 1.41 bits per heavy atom. The SMILES string of the molecule is CCCN(CC(F)(F)F)C1CCCC1C(=O)O. The molecule has 3 nitrogen and oxygen atoms in total. The second-order valence-electron chi connectivity index (χ2n) is 4.53. The summed E-state index contributed by atoms with van der Waals surface area (Å²) in [7, 11) is 0. The van der Waals surface area contributed by atoms with Crippen LogP contribution >= 0.6 is 0 Å². The van der Waals surface area contributed by atoms with Crippen LogP contribution in [0.2, 0.25) is 0 Å². The molecule has 1 aliphatic rings. The number of hydrogen-bond acceptors (Lipinski definition) is 2. The average Bonchev–Trinajstić information content (AvgIpc) is 2.62. The highest BCUT2D eigenvalue weighted by atomic mass is 19.4. The predicted molar refractivity (Wildman–Crippen MR) is 56.7 cm³/mol. The summed E-state index contributed by atoms with van der Waals surface area (Å²) < 4.78 is 37.3. The minimum atomic E-state index is -4.26. The van der Waals surface area contributed by atoms with Crippen molar-refractivity contribution in [2.75, 3.05) is 13.1 Å². The molecule has 0 radical (unpaired) electrons. The summed E-state index contributed by atoms with van der Waals surface area (Å²) in [5.41, 5.74) is 0. The van der Waals surface area contributed by atoms with Crippen LogP contribution in [0.4, 0.5) is 13.2 Å². The molecule has 0 heterocycles. The number of alkyl halides is 3. The van der Waals surface area contributed by atoms with Gasteiger partial charge in [0.15, 0.2) is 0 Å². The van der Waals surface area contributed by atoms with E-state index < -0.39 is 30.7 Å². The summed E-state index contributed by atoms with van der Waals surface area (Å²) >= 11 is 0. The number of hydrogen-bond donors (Lipinski definition) is 1. The second kappa shape index (κ2) is 5.71. The summed E-state index contributed by atoms with van der Waals surface area (Å²) in [6, 6.07) is -0.464. The first-order valence-electron chi connectivity index (χ1n) is 5.88. The van der Waals surface area contributed by atoms with Gasteiger partial charge in [-0.05, 0) is 25.8 Å². The lowest BCUT2D eigenvalue weighted by molar-refractivity contribution is -0.158. The summed E-state index contributed by atoms with van der Waals surface area (Å²) in [6.07, 6.45) is -1.94. The number of nitrogens with zero attached hydrogens (tertiary/aromatic N) is 1. The second-order valence-corrected chi connectivity index (χ2v) is 4.53. The summed E-state index contributed by atoms with van der Waals surface area (Å²) in [6.45, 7) is 1.09. The van der Waals surface area contributed by atoms with Gasteiger partial charge in [0, 0.05) is 6.04 Å². The lowest BCUT2D eigenvalue weighted by atomic mass is 10.0. The Kier molecular flexibility index (Phi) is 4.80. The van der Waals surface area contributed by atoms with Gasteiger partial charge >= 0.3 is 12.1 Å². The molecule has 1 saturated carbocycles. The van der Waals surface area contributed by atoms with E-state index in [9.17, 15) is 18.0 Å². The van der Waals surface area contributed by atoms with Gasteiger partial charge in [-0.25, -0.2) is 0 Å². The quantitative estimate of drug-likeness (QED) is 0.818. The molecule has 1 fully saturated rings. The molecule has 0 aliphatic heterocycles. The van der Waals surface area contributed by atoms with Gasteiger partial charge in [-0.15, -0.1) is 0 Å². The fraction of sp³-hybridized carbons (Fsp3) is 0.909. The van der Waals surface area contributed by atoms with Gasteiger partial charge < -0.3 is 5.11 Å². The van der Waals surface area contributed by atoms with E-state index in [2.05, 4.69) is 0 Å². The zero-order valence-corrected chi connectivity index (χ0v) is 9.83. The highest BCUT2D eigenvalue weighted by Crippen LogP contribution is 2.32. The summed E-state index contributed by atoms with van der Waals surface area (Å²) in [4.78, 5) is 12.3. The molecule has 0 aromatic carbocycles. The molecule has 0 amide bonds. The molecule has 6 heteroatoms. The average molecular weight is 253 g/mol. The van der Waals surface area contributed by atoms with E-state index in [4.69, 9.17) is 5.11 Å². The van der Waals surface area contributed by atoms with Crippen molar-refractivity contribution in [3.05, 3.63) is 0 Å². The van der Waals surface area contributed by atoms with Gasteiger partial charge in [0.2, 0.25) is 0 Å². The number of carbonyl (C=O) groups is 1. The summed E-state index contributed by atoms with van der Waals surface area (Å²) in [5, 5.41) is 8.99. The lowest BCUT2D eigenvalue weighted by Gasteiger charge is -2.31. The van der Waals surface area contributed by atoms with E-state index in [-0.39, 0.29) is 0 Å². The van der Waals surface area contributed by atoms with Crippen LogP contribution in [0, 0.1) is 5.92 Å². The third-order valence-corrected chi connectivity index (χ3v) is 3.16. The third kappa shape index (κ3) is 4.18. The molecule has 0 spiro atoms. The normalized spacial score (nSPS) is 25.5. The molecular formula is C11H18F3NO2. The number of halogens is 3. The zero-order valence-electron chi connectivity index (χ0n) is 9.83. The fourth-order valence-electron chi connectivity index (χ4n) is 2.55. The Bertz CT molecular complexity index is 268. The van der Waals surface area contributed by atoms with Crippen LogP contribution in [0.1, 0.15) is 32.6 Å². The van der Waals surface area contributed by atoms with Gasteiger partial charge in [0.05, 0.1) is 12.5 Å². The number of rotatable bonds is 5. The van der Waals surface area contributed by atoms with Crippen molar-refractivity contribution < 1.29 is 23.1 Å². The standard InChI is InChI=1S/C11H18F3NO2/c1-2-6-15(7-11(12,13)14)9-5-3-4-8(9)10(16)17/h8-9H,2-7H2,1H3,(H,16,17). The first kappa shape index (κ1) is 14.3. The largest absolute Gasteiger partial charge is 0.481 e. The highest BCUT2D eigenvalue weighted by molar-refractivity contribution is 5.71. The molecule has 2 atom stereocenters. The molecule has 1 aliphatic carbocycles. The molecular weight excluding hydrogens is 235 g/mol. The highest BCUT2D eigenvalue weighted by Gasteiger charge is 2.40.